The van der Waals surface area contributed by atoms with Gasteiger partial charge in [-0.05, 0) is 30.7 Å². The van der Waals surface area contributed by atoms with Crippen LogP contribution in [0.15, 0.2) is 42.6 Å². The van der Waals surface area contributed by atoms with Crippen molar-refractivity contribution >= 4 is 11.0 Å². The fourth-order valence-corrected chi connectivity index (χ4v) is 2.36. The molecule has 1 aromatic carbocycles. The van der Waals surface area contributed by atoms with Crippen LogP contribution in [-0.2, 0) is 6.54 Å². The average molecular weight is 284 g/mol. The number of nitrogens with zero attached hydrogens (tertiary/aromatic N) is 2. The standard InChI is InChI=1S/C16H17FN4/c1-2-12(13-8-7-11(17)9-18-13)19-10-16-20-14-5-3-4-6-15(14)21-16/h3-9,12,19H,2,10H2,1H3,(H,20,21). The van der Waals surface area contributed by atoms with E-state index in [-0.39, 0.29) is 11.9 Å². The van der Waals surface area contributed by atoms with Gasteiger partial charge < -0.3 is 10.3 Å². The van der Waals surface area contributed by atoms with Gasteiger partial charge >= 0.3 is 0 Å². The van der Waals surface area contributed by atoms with E-state index in [1.54, 1.807) is 6.07 Å². The Morgan fingerprint density at radius 1 is 1.24 bits per heavy atom. The zero-order valence-electron chi connectivity index (χ0n) is 11.8. The molecule has 2 aromatic heterocycles. The van der Waals surface area contributed by atoms with Crippen molar-refractivity contribution in [2.24, 2.45) is 0 Å². The maximum absolute atomic E-state index is 12.9. The van der Waals surface area contributed by atoms with Crippen molar-refractivity contribution in [1.29, 1.82) is 0 Å². The molecule has 0 aliphatic heterocycles. The number of halogens is 1. The quantitative estimate of drug-likeness (QED) is 0.755. The summed E-state index contributed by atoms with van der Waals surface area (Å²) in [7, 11) is 0. The van der Waals surface area contributed by atoms with Crippen molar-refractivity contribution in [3.8, 4) is 0 Å². The summed E-state index contributed by atoms with van der Waals surface area (Å²) in [6, 6.07) is 11.2. The van der Waals surface area contributed by atoms with E-state index in [2.05, 4.69) is 27.2 Å². The molecule has 2 heterocycles. The van der Waals surface area contributed by atoms with Gasteiger partial charge in [0.25, 0.3) is 0 Å². The second kappa shape index (κ2) is 6.01. The van der Waals surface area contributed by atoms with Crippen molar-refractivity contribution in [1.82, 2.24) is 20.3 Å². The van der Waals surface area contributed by atoms with Crippen molar-refractivity contribution in [2.45, 2.75) is 25.9 Å². The molecule has 0 fully saturated rings. The largest absolute Gasteiger partial charge is 0.341 e. The maximum atomic E-state index is 12.9. The summed E-state index contributed by atoms with van der Waals surface area (Å²) in [4.78, 5) is 11.9. The smallest absolute Gasteiger partial charge is 0.141 e. The molecular weight excluding hydrogens is 267 g/mol. The fourth-order valence-electron chi connectivity index (χ4n) is 2.36. The van der Waals surface area contributed by atoms with Gasteiger partial charge in [-0.3, -0.25) is 4.98 Å². The molecule has 108 valence electrons. The molecule has 0 saturated heterocycles. The van der Waals surface area contributed by atoms with Crippen LogP contribution in [0.5, 0.6) is 0 Å². The van der Waals surface area contributed by atoms with Crippen LogP contribution in [0.25, 0.3) is 11.0 Å². The average Bonchev–Trinajstić information content (AvgIpc) is 2.92. The Hall–Kier alpha value is -2.27. The number of fused-ring (bicyclic) bond motifs is 1. The first-order chi connectivity index (χ1) is 10.3. The number of aromatic amines is 1. The number of aromatic nitrogens is 3. The number of rotatable bonds is 5. The molecule has 0 bridgehead atoms. The molecule has 0 saturated carbocycles. The molecule has 1 unspecified atom stereocenters. The van der Waals surface area contributed by atoms with Crippen molar-refractivity contribution in [3.63, 3.8) is 0 Å². The van der Waals surface area contributed by atoms with Gasteiger partial charge in [0.05, 0.1) is 29.5 Å². The number of hydrogen-bond acceptors (Lipinski definition) is 3. The van der Waals surface area contributed by atoms with Crippen LogP contribution in [0.2, 0.25) is 0 Å². The summed E-state index contributed by atoms with van der Waals surface area (Å²) in [5.74, 6) is 0.572. The molecular formula is C16H17FN4. The maximum Gasteiger partial charge on any atom is 0.141 e. The van der Waals surface area contributed by atoms with Gasteiger partial charge in [0.15, 0.2) is 0 Å². The van der Waals surface area contributed by atoms with Crippen molar-refractivity contribution in [3.05, 3.63) is 59.9 Å². The monoisotopic (exact) mass is 284 g/mol. The first-order valence-corrected chi connectivity index (χ1v) is 7.04. The number of hydrogen-bond donors (Lipinski definition) is 2. The molecule has 0 radical (unpaired) electrons. The molecule has 4 nitrogen and oxygen atoms in total. The van der Waals surface area contributed by atoms with E-state index in [1.807, 2.05) is 24.3 Å². The molecule has 0 aliphatic rings. The van der Waals surface area contributed by atoms with Gasteiger partial charge in [0.2, 0.25) is 0 Å². The summed E-state index contributed by atoms with van der Waals surface area (Å²) in [6.45, 7) is 2.69. The second-order valence-electron chi connectivity index (χ2n) is 4.94. The SMILES string of the molecule is CCC(NCc1nc2ccccc2[nH]1)c1ccc(F)cn1. The van der Waals surface area contributed by atoms with E-state index in [9.17, 15) is 4.39 Å². The van der Waals surface area contributed by atoms with E-state index < -0.39 is 0 Å². The lowest BCUT2D eigenvalue weighted by Gasteiger charge is -2.15. The lowest BCUT2D eigenvalue weighted by Crippen LogP contribution is -2.21. The highest BCUT2D eigenvalue weighted by atomic mass is 19.1. The van der Waals surface area contributed by atoms with Crippen molar-refractivity contribution < 1.29 is 4.39 Å². The van der Waals surface area contributed by atoms with Gasteiger partial charge in [0, 0.05) is 6.04 Å². The fraction of sp³-hybridized carbons (Fsp3) is 0.250. The molecule has 0 amide bonds. The normalized spacial score (nSPS) is 12.7. The molecule has 0 aliphatic carbocycles. The van der Waals surface area contributed by atoms with E-state index in [0.29, 0.717) is 6.54 Å². The van der Waals surface area contributed by atoms with Gasteiger partial charge in [-0.15, -0.1) is 0 Å². The highest BCUT2D eigenvalue weighted by Gasteiger charge is 2.11. The molecule has 1 atom stereocenters. The van der Waals surface area contributed by atoms with E-state index in [4.69, 9.17) is 0 Å². The Bertz CT molecular complexity index is 687. The van der Waals surface area contributed by atoms with E-state index in [0.717, 1.165) is 29.0 Å². The van der Waals surface area contributed by atoms with Crippen LogP contribution in [0, 0.1) is 5.82 Å². The molecule has 3 aromatic rings. The van der Waals surface area contributed by atoms with Gasteiger partial charge in [0.1, 0.15) is 11.6 Å². The molecule has 2 N–H and O–H groups in total. The predicted octanol–water partition coefficient (Wildman–Crippen LogP) is 3.34. The lowest BCUT2D eigenvalue weighted by atomic mass is 10.1. The minimum Gasteiger partial charge on any atom is -0.341 e. The Kier molecular flexibility index (Phi) is 3.92. The zero-order valence-corrected chi connectivity index (χ0v) is 11.8. The second-order valence-corrected chi connectivity index (χ2v) is 4.94. The summed E-state index contributed by atoms with van der Waals surface area (Å²) in [6.07, 6.45) is 2.12. The van der Waals surface area contributed by atoms with E-state index in [1.165, 1.54) is 12.3 Å². The first kappa shape index (κ1) is 13.7. The van der Waals surface area contributed by atoms with Crippen LogP contribution in [-0.4, -0.2) is 15.0 Å². The highest BCUT2D eigenvalue weighted by Crippen LogP contribution is 2.16. The van der Waals surface area contributed by atoms with Gasteiger partial charge in [-0.25, -0.2) is 9.37 Å². The third kappa shape index (κ3) is 3.08. The molecule has 5 heteroatoms. The first-order valence-electron chi connectivity index (χ1n) is 7.04. The van der Waals surface area contributed by atoms with Gasteiger partial charge in [-0.1, -0.05) is 19.1 Å². The number of para-hydroxylation sites is 2. The van der Waals surface area contributed by atoms with E-state index >= 15 is 0 Å². The van der Waals surface area contributed by atoms with Crippen LogP contribution in [0.3, 0.4) is 0 Å². The minimum absolute atomic E-state index is 0.0822. The van der Waals surface area contributed by atoms with Crippen LogP contribution >= 0.6 is 0 Å². The van der Waals surface area contributed by atoms with Gasteiger partial charge in [-0.2, -0.15) is 0 Å². The van der Waals surface area contributed by atoms with Crippen LogP contribution in [0.4, 0.5) is 4.39 Å². The van der Waals surface area contributed by atoms with Crippen LogP contribution in [0.1, 0.15) is 30.9 Å². The highest BCUT2D eigenvalue weighted by molar-refractivity contribution is 5.74. The summed E-state index contributed by atoms with van der Waals surface area (Å²) in [5, 5.41) is 3.40. The zero-order chi connectivity index (χ0) is 14.7. The summed E-state index contributed by atoms with van der Waals surface area (Å²) < 4.78 is 12.9. The Balaban J connectivity index is 1.71. The molecule has 0 spiro atoms. The number of H-pyrrole nitrogens is 1. The molecule has 21 heavy (non-hydrogen) atoms. The number of pyridine rings is 1. The molecule has 3 rings (SSSR count). The predicted molar refractivity (Wildman–Crippen MR) is 80.2 cm³/mol. The number of imidazole rings is 1. The number of benzene rings is 1. The Labute approximate surface area is 122 Å². The minimum atomic E-state index is -0.314. The third-order valence-corrected chi connectivity index (χ3v) is 3.47. The Morgan fingerprint density at radius 2 is 2.10 bits per heavy atom. The number of nitrogens with one attached hydrogen (secondary N) is 2. The lowest BCUT2D eigenvalue weighted by molar-refractivity contribution is 0.497. The summed E-state index contributed by atoms with van der Waals surface area (Å²) >= 11 is 0. The van der Waals surface area contributed by atoms with Crippen molar-refractivity contribution in [2.75, 3.05) is 0 Å². The van der Waals surface area contributed by atoms with Crippen LogP contribution < -0.4 is 5.32 Å². The third-order valence-electron chi connectivity index (χ3n) is 3.47. The topological polar surface area (TPSA) is 53.6 Å². The summed E-state index contributed by atoms with van der Waals surface area (Å²) in [5.41, 5.74) is 2.83. The Morgan fingerprint density at radius 3 is 2.81 bits per heavy atom.